The molecule has 2 rings (SSSR count). The molecule has 0 fully saturated rings. The monoisotopic (exact) mass is 231 g/mol. The van der Waals surface area contributed by atoms with E-state index in [1.54, 1.807) is 13.0 Å². The van der Waals surface area contributed by atoms with Crippen molar-refractivity contribution in [3.05, 3.63) is 46.8 Å². The van der Waals surface area contributed by atoms with Crippen molar-refractivity contribution in [2.24, 2.45) is 0 Å². The number of aromatic nitrogens is 2. The van der Waals surface area contributed by atoms with Crippen LogP contribution >= 0.6 is 0 Å². The van der Waals surface area contributed by atoms with E-state index in [1.165, 1.54) is 0 Å². The van der Waals surface area contributed by atoms with Gasteiger partial charge in [0.05, 0.1) is 5.69 Å². The van der Waals surface area contributed by atoms with Crippen LogP contribution in [-0.4, -0.2) is 21.3 Å². The topological polar surface area (TPSA) is 92.0 Å². The first-order valence-electron chi connectivity index (χ1n) is 5.19. The van der Waals surface area contributed by atoms with E-state index < -0.39 is 5.97 Å². The van der Waals surface area contributed by atoms with Gasteiger partial charge in [-0.2, -0.15) is 5.10 Å². The summed E-state index contributed by atoms with van der Waals surface area (Å²) in [6, 6.07) is 7.34. The molecule has 0 bridgehead atoms. The number of aromatic carboxylic acids is 1. The molecule has 0 saturated carbocycles. The Labute approximate surface area is 98.3 Å². The van der Waals surface area contributed by atoms with Crippen LogP contribution in [0.4, 0.5) is 5.69 Å². The van der Waals surface area contributed by atoms with Gasteiger partial charge in [0.1, 0.15) is 5.56 Å². The molecule has 1 aromatic heterocycles. The van der Waals surface area contributed by atoms with Crippen molar-refractivity contribution in [2.75, 3.05) is 5.73 Å². The highest BCUT2D eigenvalue weighted by Crippen LogP contribution is 2.16. The maximum atomic E-state index is 11.1. The molecule has 0 aliphatic rings. The number of nitrogens with two attached hydrogens (primary N) is 1. The van der Waals surface area contributed by atoms with Crippen LogP contribution in [-0.2, 0) is 6.42 Å². The average Bonchev–Trinajstić information content (AvgIpc) is 2.59. The number of aryl methyl sites for hydroxylation is 1. The summed E-state index contributed by atoms with van der Waals surface area (Å²) in [5, 5.41) is 15.8. The maximum absolute atomic E-state index is 11.1. The van der Waals surface area contributed by atoms with Crippen LogP contribution in [0.3, 0.4) is 0 Å². The minimum Gasteiger partial charge on any atom is -0.478 e. The molecule has 0 radical (unpaired) electrons. The van der Waals surface area contributed by atoms with E-state index >= 15 is 0 Å². The Morgan fingerprint density at radius 1 is 1.53 bits per heavy atom. The highest BCUT2D eigenvalue weighted by Gasteiger charge is 2.17. The number of carboxylic acid groups (broad SMARTS) is 1. The molecular weight excluding hydrogens is 218 g/mol. The minimum absolute atomic E-state index is 0.243. The fourth-order valence-electron chi connectivity index (χ4n) is 1.79. The van der Waals surface area contributed by atoms with Gasteiger partial charge in [-0.3, -0.25) is 5.10 Å². The van der Waals surface area contributed by atoms with Crippen LogP contribution in [0.1, 0.15) is 27.3 Å². The van der Waals surface area contributed by atoms with Crippen molar-refractivity contribution < 1.29 is 9.90 Å². The number of hydrogen-bond donors (Lipinski definition) is 3. The van der Waals surface area contributed by atoms with E-state index in [0.29, 0.717) is 23.5 Å². The molecular formula is C12H13N3O2. The molecule has 5 heteroatoms. The molecule has 0 aliphatic heterocycles. The molecule has 1 aromatic carbocycles. The molecule has 88 valence electrons. The molecule has 1 heterocycles. The maximum Gasteiger partial charge on any atom is 0.339 e. The van der Waals surface area contributed by atoms with Crippen LogP contribution in [0, 0.1) is 6.92 Å². The first kappa shape index (κ1) is 11.2. The van der Waals surface area contributed by atoms with Gasteiger partial charge >= 0.3 is 5.97 Å². The molecule has 0 amide bonds. The third kappa shape index (κ3) is 2.28. The molecule has 5 nitrogen and oxygen atoms in total. The smallest absolute Gasteiger partial charge is 0.339 e. The molecule has 0 spiro atoms. The largest absolute Gasteiger partial charge is 0.478 e. The molecule has 4 N–H and O–H groups in total. The number of nitrogens with one attached hydrogen (secondary N) is 1. The Hall–Kier alpha value is -2.30. The van der Waals surface area contributed by atoms with Gasteiger partial charge < -0.3 is 10.8 Å². The van der Waals surface area contributed by atoms with Gasteiger partial charge in [0.2, 0.25) is 0 Å². The first-order valence-corrected chi connectivity index (χ1v) is 5.19. The molecule has 17 heavy (non-hydrogen) atoms. The number of H-pyrrole nitrogens is 1. The lowest BCUT2D eigenvalue weighted by Gasteiger charge is -2.01. The minimum atomic E-state index is -0.963. The van der Waals surface area contributed by atoms with E-state index in [9.17, 15) is 4.79 Å². The fraction of sp³-hybridized carbons (Fsp3) is 0.167. The van der Waals surface area contributed by atoms with Crippen LogP contribution < -0.4 is 5.73 Å². The lowest BCUT2D eigenvalue weighted by atomic mass is 10.1. The number of nitrogen functional groups attached to an aromatic ring is 1. The standard InChI is InChI=1S/C12H13N3O2/c1-7-11(12(16)17)10(15-14-7)6-8-3-2-4-9(13)5-8/h2-5H,6,13H2,1H3,(H,14,15)(H,16,17). The fourth-order valence-corrected chi connectivity index (χ4v) is 1.79. The average molecular weight is 231 g/mol. The summed E-state index contributed by atoms with van der Waals surface area (Å²) in [6.45, 7) is 1.69. The van der Waals surface area contributed by atoms with E-state index in [-0.39, 0.29) is 5.56 Å². The van der Waals surface area contributed by atoms with Crippen LogP contribution in [0.25, 0.3) is 0 Å². The van der Waals surface area contributed by atoms with Crippen molar-refractivity contribution in [1.29, 1.82) is 0 Å². The zero-order chi connectivity index (χ0) is 12.4. The van der Waals surface area contributed by atoms with E-state index in [1.807, 2.05) is 18.2 Å². The van der Waals surface area contributed by atoms with E-state index in [0.717, 1.165) is 5.56 Å². The summed E-state index contributed by atoms with van der Waals surface area (Å²) in [4.78, 5) is 11.1. The molecule has 0 saturated heterocycles. The zero-order valence-electron chi connectivity index (χ0n) is 9.40. The second-order valence-electron chi connectivity index (χ2n) is 3.90. The summed E-state index contributed by atoms with van der Waals surface area (Å²) >= 11 is 0. The number of carbonyl (C=O) groups is 1. The molecule has 0 unspecified atom stereocenters. The quantitative estimate of drug-likeness (QED) is 0.699. The predicted molar refractivity (Wildman–Crippen MR) is 63.9 cm³/mol. The van der Waals surface area contributed by atoms with Crippen molar-refractivity contribution in [1.82, 2.24) is 10.2 Å². The Morgan fingerprint density at radius 2 is 2.29 bits per heavy atom. The van der Waals surface area contributed by atoms with Gasteiger partial charge in [0.15, 0.2) is 0 Å². The Kier molecular flexibility index (Phi) is 2.82. The van der Waals surface area contributed by atoms with Gasteiger partial charge in [-0.1, -0.05) is 12.1 Å². The summed E-state index contributed by atoms with van der Waals surface area (Å²) < 4.78 is 0. The number of hydrogen-bond acceptors (Lipinski definition) is 3. The Morgan fingerprint density at radius 3 is 2.94 bits per heavy atom. The second-order valence-corrected chi connectivity index (χ2v) is 3.90. The first-order chi connectivity index (χ1) is 8.08. The zero-order valence-corrected chi connectivity index (χ0v) is 9.40. The van der Waals surface area contributed by atoms with Crippen molar-refractivity contribution in [3.63, 3.8) is 0 Å². The highest BCUT2D eigenvalue weighted by molar-refractivity contribution is 5.90. The molecule has 0 aliphatic carbocycles. The van der Waals surface area contributed by atoms with Crippen molar-refractivity contribution in [2.45, 2.75) is 13.3 Å². The summed E-state index contributed by atoms with van der Waals surface area (Å²) in [7, 11) is 0. The number of anilines is 1. The van der Waals surface area contributed by atoms with Crippen LogP contribution in [0.5, 0.6) is 0 Å². The van der Waals surface area contributed by atoms with Gasteiger partial charge in [-0.25, -0.2) is 4.79 Å². The summed E-state index contributed by atoms with van der Waals surface area (Å²) in [6.07, 6.45) is 0.455. The van der Waals surface area contributed by atoms with Gasteiger partial charge in [0, 0.05) is 17.8 Å². The van der Waals surface area contributed by atoms with Crippen LogP contribution in [0.15, 0.2) is 24.3 Å². The summed E-state index contributed by atoms with van der Waals surface area (Å²) in [5.74, 6) is -0.963. The Bertz CT molecular complexity index is 561. The lowest BCUT2D eigenvalue weighted by Crippen LogP contribution is -2.03. The van der Waals surface area contributed by atoms with Crippen molar-refractivity contribution >= 4 is 11.7 Å². The Balaban J connectivity index is 2.33. The van der Waals surface area contributed by atoms with Gasteiger partial charge in [0.25, 0.3) is 0 Å². The van der Waals surface area contributed by atoms with Gasteiger partial charge in [-0.15, -0.1) is 0 Å². The highest BCUT2D eigenvalue weighted by atomic mass is 16.4. The second kappa shape index (κ2) is 4.29. The number of carboxylic acids is 1. The molecule has 2 aromatic rings. The normalized spacial score (nSPS) is 10.4. The predicted octanol–water partition coefficient (Wildman–Crippen LogP) is 1.59. The third-order valence-corrected chi connectivity index (χ3v) is 2.56. The molecule has 0 atom stereocenters. The SMILES string of the molecule is Cc1[nH]nc(Cc2cccc(N)c2)c1C(=O)O. The lowest BCUT2D eigenvalue weighted by molar-refractivity contribution is 0.0695. The number of benzene rings is 1. The van der Waals surface area contributed by atoms with Gasteiger partial charge in [-0.05, 0) is 24.6 Å². The van der Waals surface area contributed by atoms with Crippen LogP contribution in [0.2, 0.25) is 0 Å². The van der Waals surface area contributed by atoms with Crippen molar-refractivity contribution in [3.8, 4) is 0 Å². The third-order valence-electron chi connectivity index (χ3n) is 2.56. The van der Waals surface area contributed by atoms with E-state index in [2.05, 4.69) is 10.2 Å². The van der Waals surface area contributed by atoms with E-state index in [4.69, 9.17) is 10.8 Å². The number of aromatic amines is 1. The number of rotatable bonds is 3. The number of nitrogens with zero attached hydrogens (tertiary/aromatic N) is 1. The summed E-state index contributed by atoms with van der Waals surface area (Å²) in [5.41, 5.74) is 8.61.